The van der Waals surface area contributed by atoms with Crippen molar-refractivity contribution in [2.45, 2.75) is 30.5 Å². The average Bonchev–Trinajstić information content (AvgIpc) is 2.61. The molecule has 0 heterocycles. The summed E-state index contributed by atoms with van der Waals surface area (Å²) in [5.41, 5.74) is 1.27. The zero-order valence-electron chi connectivity index (χ0n) is 14.6. The zero-order chi connectivity index (χ0) is 19.1. The van der Waals surface area contributed by atoms with Crippen molar-refractivity contribution < 1.29 is 18.0 Å². The number of hydrogen-bond acceptors (Lipinski definition) is 3. The standard InChI is InChI=1S/C19H21F3N2OS/c1-3-24(13(2)14-8-10-15(20)11-9-14)12-18(25)23-16-6-4-5-7-17(16)26-19(21)22/h4-11,13,19H,3,12H2,1-2H3,(H,23,25). The van der Waals surface area contributed by atoms with Crippen LogP contribution in [0.3, 0.4) is 0 Å². The molecule has 0 aromatic heterocycles. The molecule has 3 nitrogen and oxygen atoms in total. The van der Waals surface area contributed by atoms with Crippen LogP contribution in [0.1, 0.15) is 25.5 Å². The second kappa shape index (κ2) is 9.64. The van der Waals surface area contributed by atoms with Gasteiger partial charge in [-0.05, 0) is 43.3 Å². The van der Waals surface area contributed by atoms with Gasteiger partial charge in [0.2, 0.25) is 5.91 Å². The van der Waals surface area contributed by atoms with E-state index in [9.17, 15) is 18.0 Å². The van der Waals surface area contributed by atoms with Crippen molar-refractivity contribution in [3.05, 3.63) is 59.9 Å². The van der Waals surface area contributed by atoms with Crippen molar-refractivity contribution >= 4 is 23.4 Å². The van der Waals surface area contributed by atoms with Gasteiger partial charge >= 0.3 is 0 Å². The predicted molar refractivity (Wildman–Crippen MR) is 99.0 cm³/mol. The molecule has 0 aliphatic carbocycles. The molecule has 0 spiro atoms. The normalized spacial score (nSPS) is 12.4. The van der Waals surface area contributed by atoms with Crippen LogP contribution in [0.25, 0.3) is 0 Å². The number of amides is 1. The van der Waals surface area contributed by atoms with E-state index in [0.717, 1.165) is 5.56 Å². The Labute approximate surface area is 155 Å². The first-order valence-corrected chi connectivity index (χ1v) is 9.12. The minimum absolute atomic E-state index is 0.0861. The van der Waals surface area contributed by atoms with E-state index >= 15 is 0 Å². The number of carbonyl (C=O) groups is 1. The molecule has 140 valence electrons. The molecule has 2 aromatic carbocycles. The first-order valence-electron chi connectivity index (χ1n) is 8.24. The Morgan fingerprint density at radius 1 is 1.15 bits per heavy atom. The number of thioether (sulfide) groups is 1. The summed E-state index contributed by atoms with van der Waals surface area (Å²) in [6.07, 6.45) is 0. The summed E-state index contributed by atoms with van der Waals surface area (Å²) in [4.78, 5) is 14.6. The summed E-state index contributed by atoms with van der Waals surface area (Å²) in [6.45, 7) is 4.57. The summed E-state index contributed by atoms with van der Waals surface area (Å²) >= 11 is 0.399. The maximum atomic E-state index is 13.1. The van der Waals surface area contributed by atoms with Crippen molar-refractivity contribution in [3.8, 4) is 0 Å². The topological polar surface area (TPSA) is 32.3 Å². The lowest BCUT2D eigenvalue weighted by atomic mass is 10.1. The number of alkyl halides is 2. The average molecular weight is 382 g/mol. The number of para-hydroxylation sites is 1. The summed E-state index contributed by atoms with van der Waals surface area (Å²) in [5, 5.41) is 2.70. The molecule has 0 bridgehead atoms. The maximum absolute atomic E-state index is 13.1. The number of likely N-dealkylation sites (N-methyl/N-ethyl adjacent to an activating group) is 1. The van der Waals surface area contributed by atoms with Crippen LogP contribution < -0.4 is 5.32 Å². The second-order valence-corrected chi connectivity index (χ2v) is 6.75. The number of benzene rings is 2. The third-order valence-electron chi connectivity index (χ3n) is 4.03. The molecule has 0 saturated heterocycles. The maximum Gasteiger partial charge on any atom is 0.288 e. The molecule has 1 atom stereocenters. The van der Waals surface area contributed by atoms with Gasteiger partial charge in [0.05, 0.1) is 12.2 Å². The number of nitrogens with zero attached hydrogens (tertiary/aromatic N) is 1. The highest BCUT2D eigenvalue weighted by molar-refractivity contribution is 7.99. The van der Waals surface area contributed by atoms with Gasteiger partial charge in [-0.3, -0.25) is 9.69 Å². The SMILES string of the molecule is CCN(CC(=O)Nc1ccccc1SC(F)F)C(C)c1ccc(F)cc1. The van der Waals surface area contributed by atoms with E-state index in [1.165, 1.54) is 12.1 Å². The minimum Gasteiger partial charge on any atom is -0.324 e. The van der Waals surface area contributed by atoms with Crippen molar-refractivity contribution in [2.75, 3.05) is 18.4 Å². The van der Waals surface area contributed by atoms with Crippen LogP contribution in [0.15, 0.2) is 53.4 Å². The Balaban J connectivity index is 2.04. The summed E-state index contributed by atoms with van der Waals surface area (Å²) in [6, 6.07) is 12.5. The van der Waals surface area contributed by atoms with Crippen LogP contribution in [0, 0.1) is 5.82 Å². The lowest BCUT2D eigenvalue weighted by Gasteiger charge is -2.27. The fraction of sp³-hybridized carbons (Fsp3) is 0.316. The molecule has 1 unspecified atom stereocenters. The first-order chi connectivity index (χ1) is 12.4. The highest BCUT2D eigenvalue weighted by atomic mass is 32.2. The molecular weight excluding hydrogens is 361 g/mol. The first kappa shape index (κ1) is 20.3. The van der Waals surface area contributed by atoms with Gasteiger partial charge in [-0.1, -0.05) is 43.0 Å². The van der Waals surface area contributed by atoms with Gasteiger partial charge in [0, 0.05) is 10.9 Å². The Kier molecular flexibility index (Phi) is 7.53. The quantitative estimate of drug-likeness (QED) is 0.640. The van der Waals surface area contributed by atoms with Gasteiger partial charge in [0.25, 0.3) is 5.76 Å². The Morgan fingerprint density at radius 3 is 2.42 bits per heavy atom. The Bertz CT molecular complexity index is 725. The van der Waals surface area contributed by atoms with Gasteiger partial charge in [-0.25, -0.2) is 4.39 Å². The smallest absolute Gasteiger partial charge is 0.288 e. The van der Waals surface area contributed by atoms with Gasteiger partial charge < -0.3 is 5.32 Å². The number of carbonyl (C=O) groups excluding carboxylic acids is 1. The Morgan fingerprint density at radius 2 is 1.81 bits per heavy atom. The van der Waals surface area contributed by atoms with E-state index < -0.39 is 5.76 Å². The monoisotopic (exact) mass is 382 g/mol. The van der Waals surface area contributed by atoms with Gasteiger partial charge in [-0.15, -0.1) is 0 Å². The highest BCUT2D eigenvalue weighted by Crippen LogP contribution is 2.31. The zero-order valence-corrected chi connectivity index (χ0v) is 15.4. The van der Waals surface area contributed by atoms with E-state index in [2.05, 4.69) is 5.32 Å². The summed E-state index contributed by atoms with van der Waals surface area (Å²) in [5.74, 6) is -3.16. The molecule has 0 fully saturated rings. The highest BCUT2D eigenvalue weighted by Gasteiger charge is 2.18. The van der Waals surface area contributed by atoms with Gasteiger partial charge in [0.1, 0.15) is 5.82 Å². The van der Waals surface area contributed by atoms with Crippen LogP contribution in [0.2, 0.25) is 0 Å². The molecular formula is C19H21F3N2OS. The van der Waals surface area contributed by atoms with Gasteiger partial charge in [0.15, 0.2) is 0 Å². The van der Waals surface area contributed by atoms with Gasteiger partial charge in [-0.2, -0.15) is 8.78 Å². The van der Waals surface area contributed by atoms with Crippen molar-refractivity contribution in [1.82, 2.24) is 4.90 Å². The largest absolute Gasteiger partial charge is 0.324 e. The molecule has 2 rings (SSSR count). The van der Waals surface area contributed by atoms with E-state index in [1.54, 1.807) is 36.4 Å². The van der Waals surface area contributed by atoms with Crippen LogP contribution in [-0.4, -0.2) is 29.7 Å². The molecule has 0 aliphatic heterocycles. The van der Waals surface area contributed by atoms with E-state index in [4.69, 9.17) is 0 Å². The number of nitrogens with one attached hydrogen (secondary N) is 1. The summed E-state index contributed by atoms with van der Waals surface area (Å²) in [7, 11) is 0. The predicted octanol–water partition coefficient (Wildman–Crippen LogP) is 5.16. The third kappa shape index (κ3) is 5.78. The number of rotatable bonds is 8. The molecule has 26 heavy (non-hydrogen) atoms. The fourth-order valence-electron chi connectivity index (χ4n) is 2.62. The van der Waals surface area contributed by atoms with Crippen molar-refractivity contribution in [3.63, 3.8) is 0 Å². The van der Waals surface area contributed by atoms with Crippen molar-refractivity contribution in [1.29, 1.82) is 0 Å². The third-order valence-corrected chi connectivity index (χ3v) is 4.82. The van der Waals surface area contributed by atoms with Crippen molar-refractivity contribution in [2.24, 2.45) is 0 Å². The lowest BCUT2D eigenvalue weighted by molar-refractivity contribution is -0.117. The van der Waals surface area contributed by atoms with E-state index in [-0.39, 0.29) is 24.3 Å². The lowest BCUT2D eigenvalue weighted by Crippen LogP contribution is -2.35. The molecule has 0 aliphatic rings. The molecule has 1 N–H and O–H groups in total. The minimum atomic E-state index is -2.56. The van der Waals surface area contributed by atoms with E-state index in [1.807, 2.05) is 18.7 Å². The molecule has 2 aromatic rings. The molecule has 1 amide bonds. The fourth-order valence-corrected chi connectivity index (χ4v) is 3.21. The van der Waals surface area contributed by atoms with Crippen LogP contribution >= 0.6 is 11.8 Å². The number of anilines is 1. The van der Waals surface area contributed by atoms with Crippen LogP contribution in [-0.2, 0) is 4.79 Å². The van der Waals surface area contributed by atoms with Crippen LogP contribution in [0.4, 0.5) is 18.9 Å². The van der Waals surface area contributed by atoms with E-state index in [0.29, 0.717) is 28.9 Å². The Hall–Kier alpha value is -1.99. The molecule has 0 radical (unpaired) electrons. The number of halogens is 3. The summed E-state index contributed by atoms with van der Waals surface area (Å²) < 4.78 is 38.4. The second-order valence-electron chi connectivity index (χ2n) is 5.71. The molecule has 7 heteroatoms. The molecule has 0 saturated carbocycles. The number of hydrogen-bond donors (Lipinski definition) is 1. The van der Waals surface area contributed by atoms with Crippen LogP contribution in [0.5, 0.6) is 0 Å².